The van der Waals surface area contributed by atoms with Crippen molar-refractivity contribution in [2.24, 2.45) is 0 Å². The summed E-state index contributed by atoms with van der Waals surface area (Å²) < 4.78 is 26.8. The van der Waals surface area contributed by atoms with E-state index in [1.807, 2.05) is 48.5 Å². The average Bonchev–Trinajstić information content (AvgIpc) is 3.35. The minimum absolute atomic E-state index is 0.145. The number of thioether (sulfide) groups is 1. The molecule has 0 bridgehead atoms. The Morgan fingerprint density at radius 3 is 2.65 bits per heavy atom. The van der Waals surface area contributed by atoms with Gasteiger partial charge in [-0.3, -0.25) is 0 Å². The summed E-state index contributed by atoms with van der Waals surface area (Å²) in [4.78, 5) is 0. The molecule has 0 amide bonds. The van der Waals surface area contributed by atoms with Crippen LogP contribution in [-0.4, -0.2) is 39.6 Å². The molecule has 4 aromatic rings. The van der Waals surface area contributed by atoms with Crippen LogP contribution in [-0.2, 0) is 13.2 Å². The molecule has 0 aliphatic rings. The van der Waals surface area contributed by atoms with E-state index >= 15 is 0 Å². The van der Waals surface area contributed by atoms with Crippen molar-refractivity contribution in [3.63, 3.8) is 0 Å². The average molecular weight is 480 g/mol. The van der Waals surface area contributed by atoms with E-state index in [0.29, 0.717) is 23.6 Å². The SMILES string of the molecule is COc1cc(CNCCCSc2nnnn2-c2ccccc2)ccc1OCc1ccccc1F. The fourth-order valence-electron chi connectivity index (χ4n) is 3.31. The van der Waals surface area contributed by atoms with Gasteiger partial charge in [0.15, 0.2) is 11.5 Å². The number of nitrogens with one attached hydrogen (secondary N) is 1. The minimum Gasteiger partial charge on any atom is -0.493 e. The van der Waals surface area contributed by atoms with Crippen LogP contribution in [0.15, 0.2) is 78.0 Å². The zero-order valence-corrected chi connectivity index (χ0v) is 19.7. The predicted octanol–water partition coefficient (Wildman–Crippen LogP) is 4.66. The fraction of sp³-hybridized carbons (Fsp3) is 0.240. The zero-order valence-electron chi connectivity index (χ0n) is 18.9. The van der Waals surface area contributed by atoms with Crippen molar-refractivity contribution in [2.45, 2.75) is 24.7 Å². The number of hydrogen-bond acceptors (Lipinski definition) is 7. The highest BCUT2D eigenvalue weighted by Crippen LogP contribution is 2.29. The van der Waals surface area contributed by atoms with Crippen LogP contribution in [0.2, 0.25) is 0 Å². The van der Waals surface area contributed by atoms with E-state index in [1.54, 1.807) is 41.8 Å². The topological polar surface area (TPSA) is 74.1 Å². The molecule has 3 aromatic carbocycles. The second-order valence-corrected chi connectivity index (χ2v) is 8.51. The Morgan fingerprint density at radius 1 is 1.00 bits per heavy atom. The van der Waals surface area contributed by atoms with E-state index in [9.17, 15) is 4.39 Å². The first-order valence-corrected chi connectivity index (χ1v) is 11.9. The van der Waals surface area contributed by atoms with Gasteiger partial charge >= 0.3 is 0 Å². The molecule has 34 heavy (non-hydrogen) atoms. The quantitative estimate of drug-likeness (QED) is 0.234. The van der Waals surface area contributed by atoms with Gasteiger partial charge in [0, 0.05) is 17.9 Å². The smallest absolute Gasteiger partial charge is 0.214 e. The number of methoxy groups -OCH3 is 1. The molecule has 0 fully saturated rings. The Bertz CT molecular complexity index is 1190. The maximum Gasteiger partial charge on any atom is 0.214 e. The van der Waals surface area contributed by atoms with Crippen LogP contribution in [0.4, 0.5) is 4.39 Å². The van der Waals surface area contributed by atoms with Crippen LogP contribution in [0.1, 0.15) is 17.5 Å². The molecule has 4 rings (SSSR count). The number of rotatable bonds is 12. The monoisotopic (exact) mass is 479 g/mol. The summed E-state index contributed by atoms with van der Waals surface area (Å²) in [5, 5.41) is 16.2. The highest BCUT2D eigenvalue weighted by atomic mass is 32.2. The minimum atomic E-state index is -0.281. The predicted molar refractivity (Wildman–Crippen MR) is 130 cm³/mol. The Labute approximate surface area is 202 Å². The summed E-state index contributed by atoms with van der Waals surface area (Å²) in [5.41, 5.74) is 2.53. The van der Waals surface area contributed by atoms with Crippen LogP contribution in [0.5, 0.6) is 11.5 Å². The summed E-state index contributed by atoms with van der Waals surface area (Å²) in [5.74, 6) is 1.82. The molecule has 176 valence electrons. The van der Waals surface area contributed by atoms with Crippen LogP contribution < -0.4 is 14.8 Å². The van der Waals surface area contributed by atoms with Gasteiger partial charge in [0.25, 0.3) is 0 Å². The molecule has 0 radical (unpaired) electrons. The fourth-order valence-corrected chi connectivity index (χ4v) is 4.14. The number of benzene rings is 3. The molecular formula is C25H26FN5O2S. The number of halogens is 1. The van der Waals surface area contributed by atoms with Crippen molar-refractivity contribution in [1.29, 1.82) is 0 Å². The van der Waals surface area contributed by atoms with Gasteiger partial charge < -0.3 is 14.8 Å². The van der Waals surface area contributed by atoms with Gasteiger partial charge in [0.1, 0.15) is 12.4 Å². The van der Waals surface area contributed by atoms with Crippen molar-refractivity contribution < 1.29 is 13.9 Å². The van der Waals surface area contributed by atoms with E-state index in [0.717, 1.165) is 35.1 Å². The summed E-state index contributed by atoms with van der Waals surface area (Å²) in [7, 11) is 1.60. The third-order valence-corrected chi connectivity index (χ3v) is 6.07. The Hall–Kier alpha value is -3.43. The van der Waals surface area contributed by atoms with E-state index in [1.165, 1.54) is 6.07 Å². The Kier molecular flexibility index (Phi) is 8.48. The lowest BCUT2D eigenvalue weighted by Gasteiger charge is -2.13. The second kappa shape index (κ2) is 12.2. The molecule has 0 spiro atoms. The van der Waals surface area contributed by atoms with Gasteiger partial charge in [0.05, 0.1) is 12.8 Å². The van der Waals surface area contributed by atoms with Crippen molar-refractivity contribution in [3.8, 4) is 17.2 Å². The lowest BCUT2D eigenvalue weighted by Crippen LogP contribution is -2.15. The standard InChI is InChI=1S/C25H26FN5O2S/c1-32-24-16-19(12-13-23(24)33-18-20-8-5-6-11-22(20)26)17-27-14-7-15-34-25-28-29-30-31(25)21-9-3-2-4-10-21/h2-6,8-13,16,27H,7,14-15,17-18H2,1H3. The Morgan fingerprint density at radius 2 is 1.82 bits per heavy atom. The summed E-state index contributed by atoms with van der Waals surface area (Å²) >= 11 is 1.63. The Balaban J connectivity index is 1.21. The van der Waals surface area contributed by atoms with Crippen molar-refractivity contribution in [2.75, 3.05) is 19.4 Å². The molecule has 0 aliphatic carbocycles. The van der Waals surface area contributed by atoms with E-state index in [2.05, 4.69) is 20.8 Å². The van der Waals surface area contributed by atoms with E-state index < -0.39 is 0 Å². The lowest BCUT2D eigenvalue weighted by atomic mass is 10.2. The van der Waals surface area contributed by atoms with E-state index in [-0.39, 0.29) is 12.4 Å². The number of tetrazole rings is 1. The molecular weight excluding hydrogens is 453 g/mol. The molecule has 0 aliphatic heterocycles. The van der Waals surface area contributed by atoms with Crippen LogP contribution in [0.25, 0.3) is 5.69 Å². The first-order chi connectivity index (χ1) is 16.7. The lowest BCUT2D eigenvalue weighted by molar-refractivity contribution is 0.279. The molecule has 0 saturated heterocycles. The number of ether oxygens (including phenoxy) is 2. The van der Waals surface area contributed by atoms with Gasteiger partial charge in [-0.1, -0.05) is 54.2 Å². The van der Waals surface area contributed by atoms with Crippen molar-refractivity contribution in [3.05, 3.63) is 89.7 Å². The molecule has 1 heterocycles. The largest absolute Gasteiger partial charge is 0.493 e. The second-order valence-electron chi connectivity index (χ2n) is 7.45. The molecule has 0 unspecified atom stereocenters. The zero-order chi connectivity index (χ0) is 23.6. The van der Waals surface area contributed by atoms with Gasteiger partial charge in [-0.2, -0.15) is 4.68 Å². The van der Waals surface area contributed by atoms with Gasteiger partial charge in [-0.15, -0.1) is 5.10 Å². The molecule has 7 nitrogen and oxygen atoms in total. The number of nitrogens with zero attached hydrogens (tertiary/aromatic N) is 4. The van der Waals surface area contributed by atoms with Crippen LogP contribution >= 0.6 is 11.8 Å². The number of aromatic nitrogens is 4. The summed E-state index contributed by atoms with van der Waals surface area (Å²) in [6, 6.07) is 22.2. The highest BCUT2D eigenvalue weighted by molar-refractivity contribution is 7.99. The molecule has 1 N–H and O–H groups in total. The molecule has 0 atom stereocenters. The van der Waals surface area contributed by atoms with Gasteiger partial charge in [0.2, 0.25) is 5.16 Å². The van der Waals surface area contributed by atoms with Crippen LogP contribution in [0.3, 0.4) is 0 Å². The van der Waals surface area contributed by atoms with Crippen molar-refractivity contribution >= 4 is 11.8 Å². The molecule has 9 heteroatoms. The van der Waals surface area contributed by atoms with Crippen LogP contribution in [0, 0.1) is 5.82 Å². The third-order valence-electron chi connectivity index (χ3n) is 5.07. The number of hydrogen-bond donors (Lipinski definition) is 1. The molecule has 1 aromatic heterocycles. The van der Waals surface area contributed by atoms with Gasteiger partial charge in [-0.25, -0.2) is 4.39 Å². The number of para-hydroxylation sites is 1. The normalized spacial score (nSPS) is 10.9. The van der Waals surface area contributed by atoms with E-state index in [4.69, 9.17) is 9.47 Å². The molecule has 0 saturated carbocycles. The first kappa shape index (κ1) is 23.7. The summed E-state index contributed by atoms with van der Waals surface area (Å²) in [6.45, 7) is 1.70. The van der Waals surface area contributed by atoms with Crippen molar-refractivity contribution in [1.82, 2.24) is 25.5 Å². The third kappa shape index (κ3) is 6.33. The summed E-state index contributed by atoms with van der Waals surface area (Å²) in [6.07, 6.45) is 0.966. The highest BCUT2D eigenvalue weighted by Gasteiger charge is 2.09. The first-order valence-electron chi connectivity index (χ1n) is 10.9. The van der Waals surface area contributed by atoms with Gasteiger partial charge in [-0.05, 0) is 59.3 Å². The maximum absolute atomic E-state index is 13.8. The maximum atomic E-state index is 13.8.